The third-order valence-electron chi connectivity index (χ3n) is 5.50. The first kappa shape index (κ1) is 27.5. The molecule has 0 aliphatic carbocycles. The van der Waals surface area contributed by atoms with Crippen LogP contribution >= 0.6 is 11.3 Å². The molecule has 0 saturated heterocycles. The summed E-state index contributed by atoms with van der Waals surface area (Å²) in [5.74, 6) is 0.527. The van der Waals surface area contributed by atoms with Crippen LogP contribution in [0.5, 0.6) is 5.75 Å². The van der Waals surface area contributed by atoms with Crippen LogP contribution in [0, 0.1) is 11.7 Å². The van der Waals surface area contributed by atoms with Gasteiger partial charge < -0.3 is 10.1 Å². The molecule has 0 radical (unpaired) electrons. The highest BCUT2D eigenvalue weighted by Crippen LogP contribution is 2.39. The van der Waals surface area contributed by atoms with E-state index in [2.05, 4.69) is 42.7 Å². The molecule has 4 rings (SSSR count). The standard InChI is InChI=1S/C27H30FN5O3S2/c1-16(2)15-30-27-29-12-11-21(31-27)25-24(32-26(37-25)17(3)4)18-7-6-8-20(13-18)33-38(34,35)23-14-19(28)9-10-22(23)36-5/h6-14,16-17,33H,15H2,1-5H3,(H,29,30,31). The van der Waals surface area contributed by atoms with E-state index in [-0.39, 0.29) is 16.6 Å². The van der Waals surface area contributed by atoms with E-state index in [1.165, 1.54) is 13.2 Å². The molecule has 0 fully saturated rings. The first-order valence-corrected chi connectivity index (χ1v) is 14.4. The van der Waals surface area contributed by atoms with Gasteiger partial charge in [-0.2, -0.15) is 0 Å². The van der Waals surface area contributed by atoms with E-state index in [9.17, 15) is 12.8 Å². The lowest BCUT2D eigenvalue weighted by atomic mass is 10.1. The highest BCUT2D eigenvalue weighted by Gasteiger charge is 2.22. The van der Waals surface area contributed by atoms with Crippen molar-refractivity contribution in [2.45, 2.75) is 38.5 Å². The van der Waals surface area contributed by atoms with E-state index in [1.807, 2.05) is 12.1 Å². The summed E-state index contributed by atoms with van der Waals surface area (Å²) in [7, 11) is -2.80. The average Bonchev–Trinajstić information content (AvgIpc) is 3.34. The number of hydrogen-bond acceptors (Lipinski definition) is 8. The van der Waals surface area contributed by atoms with Gasteiger partial charge in [0.1, 0.15) is 16.5 Å². The lowest BCUT2D eigenvalue weighted by Gasteiger charge is -2.12. The third kappa shape index (κ3) is 6.28. The first-order chi connectivity index (χ1) is 18.1. The minimum Gasteiger partial charge on any atom is -0.495 e. The van der Waals surface area contributed by atoms with Crippen molar-refractivity contribution in [1.29, 1.82) is 0 Å². The quantitative estimate of drug-likeness (QED) is 0.233. The molecule has 0 aliphatic heterocycles. The molecule has 0 atom stereocenters. The number of methoxy groups -OCH3 is 1. The normalized spacial score (nSPS) is 11.7. The molecule has 200 valence electrons. The molecule has 11 heteroatoms. The zero-order chi connectivity index (χ0) is 27.4. The van der Waals surface area contributed by atoms with Crippen LogP contribution in [0.4, 0.5) is 16.0 Å². The summed E-state index contributed by atoms with van der Waals surface area (Å²) in [4.78, 5) is 14.5. The average molecular weight is 556 g/mol. The number of sulfonamides is 1. The molecule has 0 bridgehead atoms. The van der Waals surface area contributed by atoms with Gasteiger partial charge in [-0.1, -0.05) is 39.8 Å². The molecular formula is C27H30FN5O3S2. The van der Waals surface area contributed by atoms with E-state index in [0.29, 0.717) is 28.8 Å². The van der Waals surface area contributed by atoms with Crippen LogP contribution in [0.25, 0.3) is 21.8 Å². The predicted molar refractivity (Wildman–Crippen MR) is 150 cm³/mol. The number of thiazole rings is 1. The summed E-state index contributed by atoms with van der Waals surface area (Å²) in [6.07, 6.45) is 1.71. The van der Waals surface area contributed by atoms with Gasteiger partial charge >= 0.3 is 0 Å². The number of rotatable bonds is 10. The lowest BCUT2D eigenvalue weighted by molar-refractivity contribution is 0.401. The number of benzene rings is 2. The van der Waals surface area contributed by atoms with Gasteiger partial charge in [0.15, 0.2) is 0 Å². The molecular weight excluding hydrogens is 525 g/mol. The van der Waals surface area contributed by atoms with E-state index >= 15 is 0 Å². The first-order valence-electron chi connectivity index (χ1n) is 12.1. The molecule has 0 aliphatic rings. The molecule has 38 heavy (non-hydrogen) atoms. The fourth-order valence-corrected chi connectivity index (χ4v) is 5.91. The van der Waals surface area contributed by atoms with Crippen LogP contribution in [0.15, 0.2) is 59.6 Å². The Morgan fingerprint density at radius 3 is 2.55 bits per heavy atom. The van der Waals surface area contributed by atoms with Gasteiger partial charge in [-0.15, -0.1) is 11.3 Å². The molecule has 0 spiro atoms. The van der Waals surface area contributed by atoms with Crippen molar-refractivity contribution in [3.8, 4) is 27.6 Å². The highest BCUT2D eigenvalue weighted by atomic mass is 32.2. The topological polar surface area (TPSA) is 106 Å². The number of ether oxygens (including phenoxy) is 1. The van der Waals surface area contributed by atoms with E-state index in [0.717, 1.165) is 34.3 Å². The monoisotopic (exact) mass is 555 g/mol. The molecule has 4 aromatic rings. The Morgan fingerprint density at radius 1 is 1.05 bits per heavy atom. The van der Waals surface area contributed by atoms with Crippen molar-refractivity contribution in [2.24, 2.45) is 5.92 Å². The predicted octanol–water partition coefficient (Wildman–Crippen LogP) is 6.41. The zero-order valence-electron chi connectivity index (χ0n) is 21.8. The van der Waals surface area contributed by atoms with Crippen molar-refractivity contribution >= 4 is 33.0 Å². The van der Waals surface area contributed by atoms with Crippen LogP contribution in [0.3, 0.4) is 0 Å². The van der Waals surface area contributed by atoms with Gasteiger partial charge in [0.05, 0.1) is 28.4 Å². The fraction of sp³-hybridized carbons (Fsp3) is 0.296. The fourth-order valence-electron chi connectivity index (χ4n) is 3.62. The lowest BCUT2D eigenvalue weighted by Crippen LogP contribution is -2.14. The molecule has 0 unspecified atom stereocenters. The molecule has 0 saturated carbocycles. The summed E-state index contributed by atoms with van der Waals surface area (Å²) in [5, 5.41) is 4.19. The highest BCUT2D eigenvalue weighted by molar-refractivity contribution is 7.92. The van der Waals surface area contributed by atoms with Crippen molar-refractivity contribution in [2.75, 3.05) is 23.7 Å². The van der Waals surface area contributed by atoms with Crippen LogP contribution in [-0.2, 0) is 10.0 Å². The second kappa shape index (κ2) is 11.4. The van der Waals surface area contributed by atoms with Crippen LogP contribution in [0.1, 0.15) is 38.6 Å². The Labute approximate surface area is 226 Å². The van der Waals surface area contributed by atoms with Crippen LogP contribution in [-0.4, -0.2) is 37.0 Å². The molecule has 0 amide bonds. The number of halogens is 1. The third-order valence-corrected chi connectivity index (χ3v) is 8.28. The Hall–Kier alpha value is -3.57. The van der Waals surface area contributed by atoms with Crippen molar-refractivity contribution < 1.29 is 17.5 Å². The largest absolute Gasteiger partial charge is 0.495 e. The van der Waals surface area contributed by atoms with Gasteiger partial charge in [0, 0.05) is 29.9 Å². The number of anilines is 2. The Morgan fingerprint density at radius 2 is 1.84 bits per heavy atom. The van der Waals surface area contributed by atoms with E-state index in [4.69, 9.17) is 14.7 Å². The molecule has 2 aromatic heterocycles. The number of nitrogens with one attached hydrogen (secondary N) is 2. The van der Waals surface area contributed by atoms with Gasteiger partial charge in [-0.05, 0) is 42.3 Å². The van der Waals surface area contributed by atoms with E-state index in [1.54, 1.807) is 35.7 Å². The summed E-state index contributed by atoms with van der Waals surface area (Å²) < 4.78 is 47.8. The van der Waals surface area contributed by atoms with Crippen LogP contribution < -0.4 is 14.8 Å². The smallest absolute Gasteiger partial charge is 0.265 e. The minimum absolute atomic E-state index is 0.0454. The maximum absolute atomic E-state index is 13.9. The summed E-state index contributed by atoms with van der Waals surface area (Å²) in [6, 6.07) is 12.1. The van der Waals surface area contributed by atoms with Crippen molar-refractivity contribution in [1.82, 2.24) is 15.0 Å². The maximum Gasteiger partial charge on any atom is 0.265 e. The summed E-state index contributed by atoms with van der Waals surface area (Å²) in [5.41, 5.74) is 2.43. The van der Waals surface area contributed by atoms with Crippen LogP contribution in [0.2, 0.25) is 0 Å². The summed E-state index contributed by atoms with van der Waals surface area (Å²) in [6.45, 7) is 9.10. The second-order valence-corrected chi connectivity index (χ2v) is 12.1. The Bertz CT molecular complexity index is 1540. The van der Waals surface area contributed by atoms with Crippen molar-refractivity contribution in [3.63, 3.8) is 0 Å². The summed E-state index contributed by atoms with van der Waals surface area (Å²) >= 11 is 1.55. The van der Waals surface area contributed by atoms with Gasteiger partial charge in [-0.3, -0.25) is 4.72 Å². The zero-order valence-corrected chi connectivity index (χ0v) is 23.5. The van der Waals surface area contributed by atoms with Gasteiger partial charge in [-0.25, -0.2) is 27.8 Å². The van der Waals surface area contributed by atoms with Crippen molar-refractivity contribution in [3.05, 3.63) is 65.6 Å². The molecule has 8 nitrogen and oxygen atoms in total. The van der Waals surface area contributed by atoms with Gasteiger partial charge in [0.2, 0.25) is 5.95 Å². The second-order valence-electron chi connectivity index (χ2n) is 9.41. The van der Waals surface area contributed by atoms with E-state index < -0.39 is 15.8 Å². The number of aromatic nitrogens is 3. The van der Waals surface area contributed by atoms with Gasteiger partial charge in [0.25, 0.3) is 10.0 Å². The minimum atomic E-state index is -4.13. The SMILES string of the molecule is COc1ccc(F)cc1S(=O)(=O)Nc1cccc(-c2nc(C(C)C)sc2-c2ccnc(NCC(C)C)n2)c1. The number of nitrogens with zero attached hydrogens (tertiary/aromatic N) is 3. The molecule has 2 heterocycles. The molecule has 2 aromatic carbocycles. The molecule has 2 N–H and O–H groups in total. The Balaban J connectivity index is 1.72. The Kier molecular flexibility index (Phi) is 8.27. The number of hydrogen-bond donors (Lipinski definition) is 2. The maximum atomic E-state index is 13.9.